The molecule has 6 N–H and O–H groups in total. The molecule has 176 valence electrons. The van der Waals surface area contributed by atoms with E-state index in [0.717, 1.165) is 0 Å². The van der Waals surface area contributed by atoms with Crippen molar-refractivity contribution in [1.29, 1.82) is 0 Å². The van der Waals surface area contributed by atoms with E-state index < -0.39 is 18.1 Å². The minimum absolute atomic E-state index is 0.0457. The van der Waals surface area contributed by atoms with Crippen molar-refractivity contribution in [1.82, 2.24) is 10.6 Å². The highest BCUT2D eigenvalue weighted by atomic mass is 16.5. The molecule has 0 radical (unpaired) electrons. The minimum Gasteiger partial charge on any atom is -0.465 e. The largest absolute Gasteiger partial charge is 0.465 e. The van der Waals surface area contributed by atoms with Crippen LogP contribution in [0.25, 0.3) is 0 Å². The molecule has 2 atom stereocenters. The zero-order chi connectivity index (χ0) is 24.4. The highest BCUT2D eigenvalue weighted by molar-refractivity contribution is 6.03. The summed E-state index contributed by atoms with van der Waals surface area (Å²) in [6.45, 7) is 3.19. The maximum atomic E-state index is 12.7. The summed E-state index contributed by atoms with van der Waals surface area (Å²) in [4.78, 5) is 49.6. The second-order valence-corrected chi connectivity index (χ2v) is 7.54. The lowest BCUT2D eigenvalue weighted by molar-refractivity contribution is -0.145. The van der Waals surface area contributed by atoms with Gasteiger partial charge in [0.05, 0.1) is 6.61 Å². The van der Waals surface area contributed by atoms with E-state index in [1.807, 2.05) is 0 Å². The number of ether oxygens (including phenoxy) is 1. The van der Waals surface area contributed by atoms with Crippen molar-refractivity contribution in [3.8, 4) is 0 Å². The summed E-state index contributed by atoms with van der Waals surface area (Å²) in [7, 11) is 0. The number of esters is 1. The number of Topliss-reactive ketones (excluding diaryl/α,β-unsaturated/α-hetero) is 2. The van der Waals surface area contributed by atoms with Gasteiger partial charge in [-0.2, -0.15) is 0 Å². The zero-order valence-electron chi connectivity index (χ0n) is 18.8. The third-order valence-corrected chi connectivity index (χ3v) is 4.93. The molecule has 0 fully saturated rings. The molecule has 2 unspecified atom stereocenters. The molecule has 0 spiro atoms. The molecule has 0 aliphatic heterocycles. The van der Waals surface area contributed by atoms with Crippen LogP contribution in [-0.2, 0) is 14.3 Å². The van der Waals surface area contributed by atoms with Crippen molar-refractivity contribution < 1.29 is 23.9 Å². The number of ketones is 2. The fraction of sp³-hybridized carbons (Fsp3) is 0.333. The van der Waals surface area contributed by atoms with E-state index >= 15 is 0 Å². The number of benzene rings is 2. The van der Waals surface area contributed by atoms with Crippen molar-refractivity contribution in [2.24, 2.45) is 0 Å². The van der Waals surface area contributed by atoms with E-state index in [9.17, 15) is 19.2 Å². The molecule has 2 aromatic carbocycles. The normalized spacial score (nSPS) is 12.4. The lowest BCUT2D eigenvalue weighted by atomic mass is 10.00. The second-order valence-electron chi connectivity index (χ2n) is 7.54. The van der Waals surface area contributed by atoms with Crippen LogP contribution in [0.5, 0.6) is 0 Å². The average Bonchev–Trinajstić information content (AvgIpc) is 2.76. The van der Waals surface area contributed by atoms with Crippen LogP contribution in [0.1, 0.15) is 47.4 Å². The van der Waals surface area contributed by atoms with E-state index in [2.05, 4.69) is 10.6 Å². The molecule has 9 nitrogen and oxygen atoms in total. The first-order valence-corrected chi connectivity index (χ1v) is 10.6. The number of nitrogen functional groups attached to an aromatic ring is 2. The second kappa shape index (κ2) is 12.4. The Kier molecular flexibility index (Phi) is 9.56. The number of rotatable bonds is 12. The van der Waals surface area contributed by atoms with Crippen LogP contribution < -0.4 is 22.1 Å². The van der Waals surface area contributed by atoms with Gasteiger partial charge in [0.15, 0.2) is 11.6 Å². The first-order chi connectivity index (χ1) is 15.7. The predicted molar refractivity (Wildman–Crippen MR) is 126 cm³/mol. The Hall–Kier alpha value is -3.72. The van der Waals surface area contributed by atoms with Gasteiger partial charge in [0, 0.05) is 54.9 Å². The molecule has 2 rings (SSSR count). The summed E-state index contributed by atoms with van der Waals surface area (Å²) in [5.74, 6) is -1.53. The van der Waals surface area contributed by atoms with Gasteiger partial charge in [0.2, 0.25) is 5.91 Å². The van der Waals surface area contributed by atoms with Crippen molar-refractivity contribution in [2.45, 2.75) is 38.8 Å². The molecule has 0 aromatic heterocycles. The van der Waals surface area contributed by atoms with Crippen LogP contribution in [0.2, 0.25) is 0 Å². The number of nitrogens with two attached hydrogens (primary N) is 2. The highest BCUT2D eigenvalue weighted by Gasteiger charge is 2.26. The maximum absolute atomic E-state index is 12.7. The number of carbonyl (C=O) groups excluding carboxylic acids is 4. The summed E-state index contributed by atoms with van der Waals surface area (Å²) in [6, 6.07) is 11.6. The summed E-state index contributed by atoms with van der Waals surface area (Å²) < 4.78 is 5.09. The summed E-state index contributed by atoms with van der Waals surface area (Å²) in [5.41, 5.74) is 13.1. The van der Waals surface area contributed by atoms with E-state index in [-0.39, 0.29) is 43.5 Å². The first kappa shape index (κ1) is 25.5. The van der Waals surface area contributed by atoms with Gasteiger partial charge < -0.3 is 26.8 Å². The van der Waals surface area contributed by atoms with E-state index in [1.54, 1.807) is 55.5 Å². The van der Waals surface area contributed by atoms with Gasteiger partial charge in [0.1, 0.15) is 6.04 Å². The summed E-state index contributed by atoms with van der Waals surface area (Å²) in [5, 5.41) is 5.67. The molecule has 0 heterocycles. The quantitative estimate of drug-likeness (QED) is 0.215. The van der Waals surface area contributed by atoms with Crippen molar-refractivity contribution in [3.63, 3.8) is 0 Å². The van der Waals surface area contributed by atoms with Gasteiger partial charge in [-0.25, -0.2) is 0 Å². The Morgan fingerprint density at radius 3 is 1.88 bits per heavy atom. The number of para-hydroxylation sites is 2. The number of anilines is 2. The molecule has 9 heteroatoms. The predicted octanol–water partition coefficient (Wildman–Crippen LogP) is 1.72. The monoisotopic (exact) mass is 454 g/mol. The van der Waals surface area contributed by atoms with Crippen LogP contribution in [0.4, 0.5) is 11.4 Å². The third-order valence-electron chi connectivity index (χ3n) is 4.93. The van der Waals surface area contributed by atoms with Gasteiger partial charge in [-0.1, -0.05) is 24.3 Å². The van der Waals surface area contributed by atoms with Crippen LogP contribution in [0.3, 0.4) is 0 Å². The third kappa shape index (κ3) is 7.73. The van der Waals surface area contributed by atoms with Gasteiger partial charge >= 0.3 is 5.97 Å². The molecule has 2 aromatic rings. The average molecular weight is 455 g/mol. The molecule has 33 heavy (non-hydrogen) atoms. The SMILES string of the molecule is CCOC(=O)C(CC(=O)c1ccccc1N)NCC(CC(=O)c1ccccc1N)NC(C)=O. The molecule has 0 saturated heterocycles. The fourth-order valence-corrected chi connectivity index (χ4v) is 3.36. The Morgan fingerprint density at radius 1 is 0.879 bits per heavy atom. The zero-order valence-corrected chi connectivity index (χ0v) is 18.8. The van der Waals surface area contributed by atoms with Gasteiger partial charge in [-0.15, -0.1) is 0 Å². The number of hydrogen-bond donors (Lipinski definition) is 4. The maximum Gasteiger partial charge on any atom is 0.323 e. The van der Waals surface area contributed by atoms with E-state index in [0.29, 0.717) is 22.5 Å². The molecule has 0 bridgehead atoms. The fourth-order valence-electron chi connectivity index (χ4n) is 3.36. The Balaban J connectivity index is 2.13. The van der Waals surface area contributed by atoms with E-state index in [1.165, 1.54) is 6.92 Å². The molecule has 0 saturated carbocycles. The molecular formula is C24H30N4O5. The van der Waals surface area contributed by atoms with Crippen LogP contribution >= 0.6 is 0 Å². The van der Waals surface area contributed by atoms with Crippen molar-refractivity contribution in [3.05, 3.63) is 59.7 Å². The first-order valence-electron chi connectivity index (χ1n) is 10.6. The number of amides is 1. The molecule has 0 aliphatic rings. The lowest BCUT2D eigenvalue weighted by Crippen LogP contribution is -2.48. The lowest BCUT2D eigenvalue weighted by Gasteiger charge is -2.22. The van der Waals surface area contributed by atoms with Gasteiger partial charge in [-0.05, 0) is 31.2 Å². The number of nitrogens with one attached hydrogen (secondary N) is 2. The standard InChI is InChI=1S/C24H30N4O5/c1-3-33-24(32)21(13-23(31)18-9-5-7-11-20(18)26)27-14-16(28-15(2)29)12-22(30)17-8-4-6-10-19(17)25/h4-11,16,21,27H,3,12-14,25-26H2,1-2H3,(H,28,29). The Morgan fingerprint density at radius 2 is 1.39 bits per heavy atom. The summed E-state index contributed by atoms with van der Waals surface area (Å²) in [6.07, 6.45) is -0.241. The number of hydrogen-bond acceptors (Lipinski definition) is 8. The Bertz CT molecular complexity index is 1010. The molecular weight excluding hydrogens is 424 g/mol. The van der Waals surface area contributed by atoms with Crippen molar-refractivity contribution >= 4 is 34.8 Å². The minimum atomic E-state index is -0.981. The Labute approximate surface area is 192 Å². The summed E-state index contributed by atoms with van der Waals surface area (Å²) >= 11 is 0. The van der Waals surface area contributed by atoms with Crippen molar-refractivity contribution in [2.75, 3.05) is 24.6 Å². The van der Waals surface area contributed by atoms with Gasteiger partial charge in [-0.3, -0.25) is 19.2 Å². The van der Waals surface area contributed by atoms with E-state index in [4.69, 9.17) is 16.2 Å². The van der Waals surface area contributed by atoms with Crippen LogP contribution in [0, 0.1) is 0 Å². The molecule has 0 aliphatic carbocycles. The topological polar surface area (TPSA) is 154 Å². The smallest absolute Gasteiger partial charge is 0.323 e. The number of carbonyl (C=O) groups is 4. The van der Waals surface area contributed by atoms with Crippen LogP contribution in [-0.4, -0.2) is 48.7 Å². The van der Waals surface area contributed by atoms with Crippen LogP contribution in [0.15, 0.2) is 48.5 Å². The highest BCUT2D eigenvalue weighted by Crippen LogP contribution is 2.16. The molecule has 1 amide bonds. The van der Waals surface area contributed by atoms with Gasteiger partial charge in [0.25, 0.3) is 0 Å².